The van der Waals surface area contributed by atoms with Crippen LogP contribution in [-0.2, 0) is 17.7 Å². The second kappa shape index (κ2) is 9.55. The van der Waals surface area contributed by atoms with Crippen molar-refractivity contribution in [2.75, 3.05) is 26.3 Å². The molecule has 5 rings (SSSR count). The van der Waals surface area contributed by atoms with E-state index in [1.165, 1.54) is 5.56 Å². The molecule has 2 aromatic heterocycles. The number of aryl methyl sites for hydroxylation is 1. The second-order valence-electron chi connectivity index (χ2n) is 8.69. The molecule has 0 spiro atoms. The van der Waals surface area contributed by atoms with E-state index in [0.29, 0.717) is 32.8 Å². The molecule has 6 heteroatoms. The summed E-state index contributed by atoms with van der Waals surface area (Å²) >= 11 is 0. The number of carbonyl (C=O) groups is 1. The van der Waals surface area contributed by atoms with Gasteiger partial charge in [0.25, 0.3) is 5.91 Å². The number of benzene rings is 2. The van der Waals surface area contributed by atoms with Crippen molar-refractivity contribution in [3.8, 4) is 0 Å². The van der Waals surface area contributed by atoms with Gasteiger partial charge in [-0.1, -0.05) is 36.4 Å². The van der Waals surface area contributed by atoms with Crippen molar-refractivity contribution in [3.05, 3.63) is 95.7 Å². The van der Waals surface area contributed by atoms with Crippen molar-refractivity contribution in [2.24, 2.45) is 5.92 Å². The minimum absolute atomic E-state index is 0.0653. The average Bonchev–Trinajstić information content (AvgIpc) is 3.10. The highest BCUT2D eigenvalue weighted by Crippen LogP contribution is 2.20. The molecule has 1 atom stereocenters. The third-order valence-electron chi connectivity index (χ3n) is 6.31. The molecule has 0 bridgehead atoms. The molecule has 1 aliphatic rings. The van der Waals surface area contributed by atoms with E-state index >= 15 is 0 Å². The molecule has 1 saturated heterocycles. The molecule has 4 aromatic rings. The van der Waals surface area contributed by atoms with Crippen LogP contribution in [0.25, 0.3) is 10.9 Å². The predicted molar refractivity (Wildman–Crippen MR) is 128 cm³/mol. The van der Waals surface area contributed by atoms with Gasteiger partial charge in [0.2, 0.25) is 0 Å². The van der Waals surface area contributed by atoms with Gasteiger partial charge in [0.1, 0.15) is 5.82 Å². The molecular weight excluding hydrogens is 412 g/mol. The molecule has 0 saturated carbocycles. The van der Waals surface area contributed by atoms with Crippen molar-refractivity contribution >= 4 is 16.8 Å². The highest BCUT2D eigenvalue weighted by Gasteiger charge is 2.25. The highest BCUT2D eigenvalue weighted by atomic mass is 16.5. The van der Waals surface area contributed by atoms with E-state index in [0.717, 1.165) is 34.3 Å². The lowest BCUT2D eigenvalue weighted by Crippen LogP contribution is -2.37. The fourth-order valence-corrected chi connectivity index (χ4v) is 4.54. The zero-order chi connectivity index (χ0) is 22.6. The van der Waals surface area contributed by atoms with E-state index in [1.54, 1.807) is 6.20 Å². The van der Waals surface area contributed by atoms with Crippen LogP contribution >= 0.6 is 0 Å². The number of imidazole rings is 1. The summed E-state index contributed by atoms with van der Waals surface area (Å²) in [7, 11) is 0. The highest BCUT2D eigenvalue weighted by molar-refractivity contribution is 5.95. The molecule has 0 unspecified atom stereocenters. The molecule has 0 radical (unpaired) electrons. The van der Waals surface area contributed by atoms with Crippen LogP contribution in [-0.4, -0.2) is 51.6 Å². The van der Waals surface area contributed by atoms with Crippen molar-refractivity contribution in [1.82, 2.24) is 19.4 Å². The number of ether oxygens (including phenoxy) is 1. The third kappa shape index (κ3) is 4.81. The first-order chi connectivity index (χ1) is 16.2. The Hall–Kier alpha value is -3.51. The number of carbonyl (C=O) groups excluding carboxylic acids is 1. The maximum absolute atomic E-state index is 13.6. The van der Waals surface area contributed by atoms with E-state index in [1.807, 2.05) is 66.7 Å². The van der Waals surface area contributed by atoms with E-state index in [-0.39, 0.29) is 11.8 Å². The minimum atomic E-state index is 0.0653. The molecule has 1 amide bonds. The molecule has 1 aliphatic heterocycles. The lowest BCUT2D eigenvalue weighted by atomic mass is 9.99. The Kier molecular flexibility index (Phi) is 6.17. The molecule has 2 aromatic carbocycles. The predicted octanol–water partition coefficient (Wildman–Crippen LogP) is 4.12. The van der Waals surface area contributed by atoms with E-state index in [2.05, 4.69) is 26.7 Å². The van der Waals surface area contributed by atoms with Crippen molar-refractivity contribution in [1.29, 1.82) is 0 Å². The number of nitrogens with zero attached hydrogens (tertiary/aromatic N) is 4. The van der Waals surface area contributed by atoms with Crippen molar-refractivity contribution in [2.45, 2.75) is 19.9 Å². The van der Waals surface area contributed by atoms with Crippen LogP contribution in [0.3, 0.4) is 0 Å². The lowest BCUT2D eigenvalue weighted by Gasteiger charge is -2.25. The van der Waals surface area contributed by atoms with Gasteiger partial charge in [0, 0.05) is 55.1 Å². The molecule has 168 valence electrons. The van der Waals surface area contributed by atoms with Gasteiger partial charge in [-0.2, -0.15) is 0 Å². The van der Waals surface area contributed by atoms with Gasteiger partial charge in [-0.05, 0) is 42.7 Å². The SMILES string of the molecule is Cc1nccn1Cc1ccccc1C(=O)N1CCOC[C@H](Cc2cnc3ccccc3c2)C1. The Morgan fingerprint density at radius 2 is 1.97 bits per heavy atom. The first-order valence-electron chi connectivity index (χ1n) is 11.4. The summed E-state index contributed by atoms with van der Waals surface area (Å²) in [6, 6.07) is 18.2. The largest absolute Gasteiger partial charge is 0.379 e. The molecule has 0 N–H and O–H groups in total. The van der Waals surface area contributed by atoms with Gasteiger partial charge in [0.15, 0.2) is 0 Å². The third-order valence-corrected chi connectivity index (χ3v) is 6.31. The summed E-state index contributed by atoms with van der Waals surface area (Å²) in [5.74, 6) is 1.22. The molecule has 6 nitrogen and oxygen atoms in total. The van der Waals surface area contributed by atoms with Gasteiger partial charge in [-0.3, -0.25) is 9.78 Å². The molecule has 3 heterocycles. The summed E-state index contributed by atoms with van der Waals surface area (Å²) < 4.78 is 7.95. The van der Waals surface area contributed by atoms with Crippen molar-refractivity contribution in [3.63, 3.8) is 0 Å². The monoisotopic (exact) mass is 440 g/mol. The Labute approximate surface area is 193 Å². The maximum Gasteiger partial charge on any atom is 0.254 e. The van der Waals surface area contributed by atoms with E-state index in [9.17, 15) is 4.79 Å². The van der Waals surface area contributed by atoms with Gasteiger partial charge >= 0.3 is 0 Å². The van der Waals surface area contributed by atoms with Crippen LogP contribution in [0.1, 0.15) is 27.3 Å². The van der Waals surface area contributed by atoms with E-state index < -0.39 is 0 Å². The number of hydrogen-bond acceptors (Lipinski definition) is 4. The Bertz CT molecular complexity index is 1270. The van der Waals surface area contributed by atoms with E-state index in [4.69, 9.17) is 4.74 Å². The lowest BCUT2D eigenvalue weighted by molar-refractivity contribution is 0.0736. The Morgan fingerprint density at radius 3 is 2.85 bits per heavy atom. The normalized spacial score (nSPS) is 16.6. The number of aromatic nitrogens is 3. The second-order valence-corrected chi connectivity index (χ2v) is 8.69. The van der Waals surface area contributed by atoms with Gasteiger partial charge in [-0.15, -0.1) is 0 Å². The topological polar surface area (TPSA) is 60.2 Å². The van der Waals surface area contributed by atoms with Crippen LogP contribution in [0.15, 0.2) is 73.2 Å². The van der Waals surface area contributed by atoms with Gasteiger partial charge < -0.3 is 14.2 Å². The first-order valence-corrected chi connectivity index (χ1v) is 11.4. The number of para-hydroxylation sites is 1. The van der Waals surface area contributed by atoms with Crippen LogP contribution in [0, 0.1) is 12.8 Å². The number of amides is 1. The zero-order valence-electron chi connectivity index (χ0n) is 18.9. The van der Waals surface area contributed by atoms with Crippen LogP contribution in [0.2, 0.25) is 0 Å². The molecule has 0 aliphatic carbocycles. The molecular formula is C27H28N4O2. The number of pyridine rings is 1. The summed E-state index contributed by atoms with van der Waals surface area (Å²) in [6.07, 6.45) is 6.52. The van der Waals surface area contributed by atoms with Crippen LogP contribution in [0.4, 0.5) is 0 Å². The quantitative estimate of drug-likeness (QED) is 0.468. The Morgan fingerprint density at radius 1 is 1.12 bits per heavy atom. The maximum atomic E-state index is 13.6. The zero-order valence-corrected chi connectivity index (χ0v) is 18.9. The van der Waals surface area contributed by atoms with Crippen molar-refractivity contribution < 1.29 is 9.53 Å². The first kappa shape index (κ1) is 21.3. The van der Waals surface area contributed by atoms with Crippen LogP contribution in [0.5, 0.6) is 0 Å². The standard InChI is InChI=1S/C27H28N4O2/c1-20-28-10-11-30(20)18-24-7-2-4-8-25(24)27(32)31-12-13-33-19-22(17-31)14-21-15-23-6-3-5-9-26(23)29-16-21/h2-11,15-16,22H,12-14,17-19H2,1H3/t22-/m1/s1. The fourth-order valence-electron chi connectivity index (χ4n) is 4.54. The van der Waals surface area contributed by atoms with Gasteiger partial charge in [0.05, 0.1) is 18.7 Å². The summed E-state index contributed by atoms with van der Waals surface area (Å²) in [4.78, 5) is 24.4. The summed E-state index contributed by atoms with van der Waals surface area (Å²) in [5, 5.41) is 1.14. The summed E-state index contributed by atoms with van der Waals surface area (Å²) in [6.45, 7) is 5.08. The summed E-state index contributed by atoms with van der Waals surface area (Å²) in [5.41, 5.74) is 3.93. The van der Waals surface area contributed by atoms with Crippen LogP contribution < -0.4 is 0 Å². The van der Waals surface area contributed by atoms with Gasteiger partial charge in [-0.25, -0.2) is 4.98 Å². The average molecular weight is 441 g/mol. The smallest absolute Gasteiger partial charge is 0.254 e. The minimum Gasteiger partial charge on any atom is -0.379 e. The number of hydrogen-bond donors (Lipinski definition) is 0. The Balaban J connectivity index is 1.33. The molecule has 1 fully saturated rings. The number of rotatable bonds is 5. The molecule has 33 heavy (non-hydrogen) atoms. The fraction of sp³-hybridized carbons (Fsp3) is 0.296. The number of fused-ring (bicyclic) bond motifs is 1.